The molecule has 1 amide bonds. The Hall–Kier alpha value is -3.02. The van der Waals surface area contributed by atoms with Crippen LogP contribution in [0.2, 0.25) is 0 Å². The second-order valence-electron chi connectivity index (χ2n) is 11.8. The molecule has 0 fully saturated rings. The van der Waals surface area contributed by atoms with Gasteiger partial charge in [0.25, 0.3) is 0 Å². The molecule has 1 aliphatic heterocycles. The number of rotatable bonds is 11. The van der Waals surface area contributed by atoms with E-state index in [9.17, 15) is 9.59 Å². The first-order chi connectivity index (χ1) is 17.9. The minimum absolute atomic E-state index is 0.341. The van der Waals surface area contributed by atoms with Crippen molar-refractivity contribution in [3.05, 3.63) is 57.6 Å². The van der Waals surface area contributed by atoms with Crippen LogP contribution < -0.4 is 14.8 Å². The summed E-state index contributed by atoms with van der Waals surface area (Å²) in [6.07, 6.45) is 7.70. The molecule has 0 saturated carbocycles. The summed E-state index contributed by atoms with van der Waals surface area (Å²) in [4.78, 5) is 22.7. The molecular formula is C32H45NO5. The van der Waals surface area contributed by atoms with E-state index in [4.69, 9.17) is 14.2 Å². The minimum Gasteiger partial charge on any atom is -0.489 e. The lowest BCUT2D eigenvalue weighted by Crippen LogP contribution is -2.42. The Morgan fingerprint density at radius 3 is 2.37 bits per heavy atom. The first-order valence-corrected chi connectivity index (χ1v) is 13.9. The van der Waals surface area contributed by atoms with E-state index in [0.717, 1.165) is 62.7 Å². The maximum absolute atomic E-state index is 11.8. The number of carbonyl (C=O) groups excluding carboxylic acids is 2. The number of ether oxygens (including phenoxy) is 3. The van der Waals surface area contributed by atoms with Crippen molar-refractivity contribution >= 4 is 12.4 Å². The minimum atomic E-state index is -0.463. The highest BCUT2D eigenvalue weighted by atomic mass is 16.6. The van der Waals surface area contributed by atoms with Gasteiger partial charge in [-0.15, -0.1) is 0 Å². The van der Waals surface area contributed by atoms with Crippen molar-refractivity contribution in [3.63, 3.8) is 0 Å². The lowest BCUT2D eigenvalue weighted by Gasteiger charge is -2.38. The first kappa shape index (κ1) is 29.5. The third-order valence-electron chi connectivity index (χ3n) is 7.37. The fourth-order valence-corrected chi connectivity index (χ4v) is 5.02. The first-order valence-electron chi connectivity index (χ1n) is 13.9. The van der Waals surface area contributed by atoms with E-state index in [1.165, 1.54) is 27.8 Å². The third kappa shape index (κ3) is 7.99. The SMILES string of the molecule is Cc1c(C)c2c(c(C)c1CCCCCCNC(=O)OC(C)(C)C)CCC(C)(COc1ccc(C=O)cc1)O2. The largest absolute Gasteiger partial charge is 0.489 e. The summed E-state index contributed by atoms with van der Waals surface area (Å²) >= 11 is 0. The summed E-state index contributed by atoms with van der Waals surface area (Å²) in [7, 11) is 0. The van der Waals surface area contributed by atoms with Crippen LogP contribution in [0.3, 0.4) is 0 Å². The van der Waals surface area contributed by atoms with Crippen molar-refractivity contribution in [1.29, 1.82) is 0 Å². The summed E-state index contributed by atoms with van der Waals surface area (Å²) in [5.41, 5.74) is 6.46. The molecule has 3 rings (SSSR count). The van der Waals surface area contributed by atoms with Gasteiger partial charge >= 0.3 is 6.09 Å². The number of benzene rings is 2. The van der Waals surface area contributed by atoms with Gasteiger partial charge in [0, 0.05) is 12.1 Å². The summed E-state index contributed by atoms with van der Waals surface area (Å²) < 4.78 is 18.0. The number of aldehydes is 1. The van der Waals surface area contributed by atoms with Crippen LogP contribution in [0.15, 0.2) is 24.3 Å². The average Bonchev–Trinajstić information content (AvgIpc) is 2.86. The van der Waals surface area contributed by atoms with Gasteiger partial charge in [0.05, 0.1) is 0 Å². The number of nitrogens with one attached hydrogen (secondary N) is 1. The Morgan fingerprint density at radius 1 is 1.03 bits per heavy atom. The van der Waals surface area contributed by atoms with E-state index in [0.29, 0.717) is 18.7 Å². The number of carbonyl (C=O) groups is 2. The zero-order chi connectivity index (χ0) is 27.9. The van der Waals surface area contributed by atoms with Crippen LogP contribution in [0.25, 0.3) is 0 Å². The third-order valence-corrected chi connectivity index (χ3v) is 7.37. The predicted molar refractivity (Wildman–Crippen MR) is 152 cm³/mol. The molecule has 1 N–H and O–H groups in total. The van der Waals surface area contributed by atoms with Crippen molar-refractivity contribution < 1.29 is 23.8 Å². The molecule has 1 aliphatic rings. The topological polar surface area (TPSA) is 73.9 Å². The molecule has 2 aromatic carbocycles. The van der Waals surface area contributed by atoms with E-state index >= 15 is 0 Å². The number of hydrogen-bond donors (Lipinski definition) is 1. The predicted octanol–water partition coefficient (Wildman–Crippen LogP) is 7.21. The smallest absolute Gasteiger partial charge is 0.407 e. The highest BCUT2D eigenvalue weighted by Crippen LogP contribution is 2.41. The average molecular weight is 524 g/mol. The molecule has 0 saturated heterocycles. The monoisotopic (exact) mass is 523 g/mol. The van der Waals surface area contributed by atoms with Gasteiger partial charge in [0.15, 0.2) is 0 Å². The Balaban J connectivity index is 1.52. The zero-order valence-corrected chi connectivity index (χ0v) is 24.3. The van der Waals surface area contributed by atoms with Crippen molar-refractivity contribution in [1.82, 2.24) is 5.32 Å². The van der Waals surface area contributed by atoms with Crippen LogP contribution in [0, 0.1) is 20.8 Å². The van der Waals surface area contributed by atoms with Crippen LogP contribution in [-0.4, -0.2) is 36.7 Å². The van der Waals surface area contributed by atoms with Gasteiger partial charge in [-0.1, -0.05) is 12.8 Å². The van der Waals surface area contributed by atoms with Gasteiger partial charge in [-0.05, 0) is 133 Å². The van der Waals surface area contributed by atoms with Crippen molar-refractivity contribution in [2.75, 3.05) is 13.2 Å². The van der Waals surface area contributed by atoms with Gasteiger partial charge < -0.3 is 19.5 Å². The summed E-state index contributed by atoms with van der Waals surface area (Å²) in [5, 5.41) is 2.84. The molecule has 0 spiro atoms. The Labute approximate surface area is 228 Å². The van der Waals surface area contributed by atoms with Crippen molar-refractivity contribution in [2.45, 2.75) is 105 Å². The quantitative estimate of drug-likeness (QED) is 0.249. The highest BCUT2D eigenvalue weighted by molar-refractivity contribution is 5.74. The van der Waals surface area contributed by atoms with Crippen molar-refractivity contribution in [2.24, 2.45) is 0 Å². The number of amides is 1. The van der Waals surface area contributed by atoms with Crippen LogP contribution in [0.5, 0.6) is 11.5 Å². The van der Waals surface area contributed by atoms with E-state index in [1.54, 1.807) is 12.1 Å². The summed E-state index contributed by atoms with van der Waals surface area (Å²) in [5.74, 6) is 1.76. The highest BCUT2D eigenvalue weighted by Gasteiger charge is 2.35. The maximum atomic E-state index is 11.8. The van der Waals surface area contributed by atoms with E-state index in [-0.39, 0.29) is 6.09 Å². The molecular weight excluding hydrogens is 478 g/mol. The number of unbranched alkanes of at least 4 members (excludes halogenated alkanes) is 3. The fourth-order valence-electron chi connectivity index (χ4n) is 5.02. The van der Waals surface area contributed by atoms with Crippen LogP contribution in [0.1, 0.15) is 98.0 Å². The van der Waals surface area contributed by atoms with E-state index in [2.05, 4.69) is 33.0 Å². The Morgan fingerprint density at radius 2 is 1.71 bits per heavy atom. The molecule has 6 heteroatoms. The maximum Gasteiger partial charge on any atom is 0.407 e. The molecule has 0 aromatic heterocycles. The normalized spacial score (nSPS) is 16.8. The molecule has 6 nitrogen and oxygen atoms in total. The molecule has 0 aliphatic carbocycles. The second kappa shape index (κ2) is 12.7. The Bertz CT molecular complexity index is 1120. The molecule has 0 radical (unpaired) electrons. The summed E-state index contributed by atoms with van der Waals surface area (Å²) in [6, 6.07) is 7.18. The van der Waals surface area contributed by atoms with Crippen molar-refractivity contribution in [3.8, 4) is 11.5 Å². The van der Waals surface area contributed by atoms with Gasteiger partial charge in [0.1, 0.15) is 35.6 Å². The molecule has 1 unspecified atom stereocenters. The molecule has 38 heavy (non-hydrogen) atoms. The second-order valence-corrected chi connectivity index (χ2v) is 11.8. The van der Waals surface area contributed by atoms with Gasteiger partial charge in [-0.25, -0.2) is 4.79 Å². The molecule has 1 atom stereocenters. The van der Waals surface area contributed by atoms with Gasteiger partial charge in [-0.3, -0.25) is 4.79 Å². The zero-order valence-electron chi connectivity index (χ0n) is 24.3. The van der Waals surface area contributed by atoms with E-state index < -0.39 is 11.2 Å². The number of fused-ring (bicyclic) bond motifs is 1. The lowest BCUT2D eigenvalue weighted by atomic mass is 9.84. The Kier molecular flexibility index (Phi) is 9.86. The van der Waals surface area contributed by atoms with Gasteiger partial charge in [-0.2, -0.15) is 0 Å². The number of hydrogen-bond acceptors (Lipinski definition) is 5. The van der Waals surface area contributed by atoms with Crippen LogP contribution in [-0.2, 0) is 17.6 Å². The van der Waals surface area contributed by atoms with E-state index in [1.807, 2.05) is 32.9 Å². The summed E-state index contributed by atoms with van der Waals surface area (Å²) in [6.45, 7) is 15.5. The standard InChI is InChI=1S/C32H45NO5/c1-22-23(2)29-28(17-18-32(7,37-29)21-36-26-15-13-25(20-34)14-16-26)24(3)27(22)12-10-8-9-11-19-33-30(35)38-31(4,5)6/h13-16,20H,8-12,17-19,21H2,1-7H3,(H,33,35). The molecule has 208 valence electrons. The number of alkyl carbamates (subject to hydrolysis) is 1. The molecule has 1 heterocycles. The van der Waals surface area contributed by atoms with Crippen LogP contribution >= 0.6 is 0 Å². The molecule has 0 bridgehead atoms. The van der Waals surface area contributed by atoms with Gasteiger partial charge in [0.2, 0.25) is 0 Å². The lowest BCUT2D eigenvalue weighted by molar-refractivity contribution is 0.0167. The van der Waals surface area contributed by atoms with Crippen LogP contribution in [0.4, 0.5) is 4.79 Å². The molecule has 2 aromatic rings. The fraction of sp³-hybridized carbons (Fsp3) is 0.562.